The number of hydrogen-bond acceptors (Lipinski definition) is 3. The van der Waals surface area contributed by atoms with Gasteiger partial charge in [0.1, 0.15) is 0 Å². The summed E-state index contributed by atoms with van der Waals surface area (Å²) in [6, 6.07) is 19.5. The molecule has 3 rings (SSSR count). The molecular formula is C22H23N3O. The van der Waals surface area contributed by atoms with Gasteiger partial charge in [0.15, 0.2) is 0 Å². The molecule has 0 aliphatic carbocycles. The number of aromatic nitrogens is 1. The Balaban J connectivity index is 1.71. The fourth-order valence-corrected chi connectivity index (χ4v) is 2.58. The van der Waals surface area contributed by atoms with Crippen LogP contribution in [-0.2, 0) is 5.41 Å². The summed E-state index contributed by atoms with van der Waals surface area (Å²) in [5, 5.41) is 6.17. The van der Waals surface area contributed by atoms with Gasteiger partial charge in [0.2, 0.25) is 0 Å². The molecule has 132 valence electrons. The van der Waals surface area contributed by atoms with Crippen molar-refractivity contribution in [1.29, 1.82) is 0 Å². The number of benzene rings is 2. The van der Waals surface area contributed by atoms with E-state index in [-0.39, 0.29) is 11.3 Å². The van der Waals surface area contributed by atoms with Crippen molar-refractivity contribution in [2.45, 2.75) is 26.2 Å². The second-order valence-corrected chi connectivity index (χ2v) is 7.23. The summed E-state index contributed by atoms with van der Waals surface area (Å²) in [6.45, 7) is 6.49. The summed E-state index contributed by atoms with van der Waals surface area (Å²) < 4.78 is 0. The van der Waals surface area contributed by atoms with E-state index in [9.17, 15) is 4.79 Å². The molecule has 0 radical (unpaired) electrons. The number of rotatable bonds is 4. The monoisotopic (exact) mass is 345 g/mol. The first-order valence-corrected chi connectivity index (χ1v) is 8.61. The summed E-state index contributed by atoms with van der Waals surface area (Å²) >= 11 is 0. The van der Waals surface area contributed by atoms with Gasteiger partial charge in [-0.2, -0.15) is 0 Å². The second kappa shape index (κ2) is 7.40. The molecule has 0 fully saturated rings. The lowest BCUT2D eigenvalue weighted by Gasteiger charge is -2.19. The number of anilines is 3. The number of nitrogens with zero attached hydrogens (tertiary/aromatic N) is 1. The van der Waals surface area contributed by atoms with Crippen molar-refractivity contribution in [3.8, 4) is 0 Å². The quantitative estimate of drug-likeness (QED) is 0.668. The van der Waals surface area contributed by atoms with E-state index in [1.165, 1.54) is 5.56 Å². The van der Waals surface area contributed by atoms with Crippen molar-refractivity contribution in [1.82, 2.24) is 4.98 Å². The number of amides is 1. The lowest BCUT2D eigenvalue weighted by atomic mass is 9.87. The Morgan fingerprint density at radius 3 is 2.19 bits per heavy atom. The summed E-state index contributed by atoms with van der Waals surface area (Å²) in [4.78, 5) is 16.7. The van der Waals surface area contributed by atoms with Gasteiger partial charge < -0.3 is 10.6 Å². The minimum absolute atomic E-state index is 0.0872. The molecule has 0 bridgehead atoms. The van der Waals surface area contributed by atoms with E-state index in [1.54, 1.807) is 18.5 Å². The molecule has 1 heterocycles. The Hall–Kier alpha value is -3.14. The Kier molecular flexibility index (Phi) is 5.03. The summed E-state index contributed by atoms with van der Waals surface area (Å²) in [5.74, 6) is -0.183. The molecule has 0 spiro atoms. The third-order valence-electron chi connectivity index (χ3n) is 4.07. The maximum atomic E-state index is 12.5. The molecule has 0 saturated heterocycles. The van der Waals surface area contributed by atoms with Crippen LogP contribution in [0.1, 0.15) is 36.7 Å². The average molecular weight is 345 g/mol. The maximum absolute atomic E-state index is 12.5. The third-order valence-corrected chi connectivity index (χ3v) is 4.07. The molecule has 4 heteroatoms. The van der Waals surface area contributed by atoms with E-state index in [4.69, 9.17) is 0 Å². The van der Waals surface area contributed by atoms with Crippen molar-refractivity contribution in [3.05, 3.63) is 84.2 Å². The highest BCUT2D eigenvalue weighted by atomic mass is 16.1. The highest BCUT2D eigenvalue weighted by molar-refractivity contribution is 6.04. The van der Waals surface area contributed by atoms with Crippen LogP contribution in [-0.4, -0.2) is 10.9 Å². The first-order chi connectivity index (χ1) is 12.4. The van der Waals surface area contributed by atoms with Crippen molar-refractivity contribution < 1.29 is 4.79 Å². The molecule has 1 aromatic heterocycles. The molecule has 0 aliphatic rings. The number of carbonyl (C=O) groups excluding carboxylic acids is 1. The SMILES string of the molecule is CC(C)(C)c1ccc(NC(=O)c2cncc(Nc3ccccc3)c2)cc1. The van der Waals surface area contributed by atoms with Crippen molar-refractivity contribution in [3.63, 3.8) is 0 Å². The van der Waals surface area contributed by atoms with Gasteiger partial charge in [-0.05, 0) is 41.3 Å². The Bertz CT molecular complexity index is 881. The van der Waals surface area contributed by atoms with Gasteiger partial charge in [-0.3, -0.25) is 9.78 Å². The molecular weight excluding hydrogens is 322 g/mol. The van der Waals surface area contributed by atoms with Crippen LogP contribution in [0.2, 0.25) is 0 Å². The smallest absolute Gasteiger partial charge is 0.257 e. The zero-order valence-electron chi connectivity index (χ0n) is 15.3. The molecule has 4 nitrogen and oxygen atoms in total. The van der Waals surface area contributed by atoms with Gasteiger partial charge in [-0.25, -0.2) is 0 Å². The number of nitrogens with one attached hydrogen (secondary N) is 2. The highest BCUT2D eigenvalue weighted by Gasteiger charge is 2.13. The molecule has 3 aromatic rings. The lowest BCUT2D eigenvalue weighted by Crippen LogP contribution is -2.14. The van der Waals surface area contributed by atoms with Crippen LogP contribution in [0.5, 0.6) is 0 Å². The minimum atomic E-state index is -0.183. The van der Waals surface area contributed by atoms with Crippen LogP contribution in [0.25, 0.3) is 0 Å². The van der Waals surface area contributed by atoms with Crippen molar-refractivity contribution in [2.24, 2.45) is 0 Å². The fourth-order valence-electron chi connectivity index (χ4n) is 2.58. The first-order valence-electron chi connectivity index (χ1n) is 8.61. The number of hydrogen-bond donors (Lipinski definition) is 2. The predicted octanol–water partition coefficient (Wildman–Crippen LogP) is 5.38. The molecule has 0 atom stereocenters. The van der Waals surface area contributed by atoms with Gasteiger partial charge in [-0.15, -0.1) is 0 Å². The van der Waals surface area contributed by atoms with Gasteiger partial charge in [0, 0.05) is 17.6 Å². The highest BCUT2D eigenvalue weighted by Crippen LogP contribution is 2.24. The standard InChI is InChI=1S/C22H23N3O/c1-22(2,3)17-9-11-19(12-10-17)25-21(26)16-13-20(15-23-14-16)24-18-7-5-4-6-8-18/h4-15,24H,1-3H3,(H,25,26). The summed E-state index contributed by atoms with van der Waals surface area (Å²) in [5.41, 5.74) is 4.31. The molecule has 0 aliphatic heterocycles. The van der Waals surface area contributed by atoms with E-state index < -0.39 is 0 Å². The largest absolute Gasteiger partial charge is 0.354 e. The van der Waals surface area contributed by atoms with E-state index in [0.717, 1.165) is 17.1 Å². The van der Waals surface area contributed by atoms with Crippen LogP contribution >= 0.6 is 0 Å². The lowest BCUT2D eigenvalue weighted by molar-refractivity contribution is 0.102. The average Bonchev–Trinajstić information content (AvgIpc) is 2.62. The second-order valence-electron chi connectivity index (χ2n) is 7.23. The van der Waals surface area contributed by atoms with Gasteiger partial charge in [0.25, 0.3) is 5.91 Å². The van der Waals surface area contributed by atoms with Crippen LogP contribution in [0.3, 0.4) is 0 Å². The predicted molar refractivity (Wildman–Crippen MR) is 107 cm³/mol. The topological polar surface area (TPSA) is 54.0 Å². The number of pyridine rings is 1. The van der Waals surface area contributed by atoms with Crippen LogP contribution in [0.15, 0.2) is 73.1 Å². The van der Waals surface area contributed by atoms with E-state index >= 15 is 0 Å². The Morgan fingerprint density at radius 2 is 1.54 bits per heavy atom. The Labute approximate surface area is 154 Å². The molecule has 2 aromatic carbocycles. The first kappa shape index (κ1) is 17.7. The van der Waals surface area contributed by atoms with Gasteiger partial charge in [-0.1, -0.05) is 51.1 Å². The number of carbonyl (C=O) groups is 1. The Morgan fingerprint density at radius 1 is 0.846 bits per heavy atom. The molecule has 2 N–H and O–H groups in total. The van der Waals surface area contributed by atoms with Gasteiger partial charge in [0.05, 0.1) is 17.4 Å². The third kappa shape index (κ3) is 4.48. The van der Waals surface area contributed by atoms with E-state index in [0.29, 0.717) is 5.56 Å². The zero-order chi connectivity index (χ0) is 18.6. The van der Waals surface area contributed by atoms with Crippen molar-refractivity contribution in [2.75, 3.05) is 10.6 Å². The number of para-hydroxylation sites is 1. The molecule has 26 heavy (non-hydrogen) atoms. The fraction of sp³-hybridized carbons (Fsp3) is 0.182. The van der Waals surface area contributed by atoms with Gasteiger partial charge >= 0.3 is 0 Å². The van der Waals surface area contributed by atoms with Crippen LogP contribution in [0.4, 0.5) is 17.1 Å². The summed E-state index contributed by atoms with van der Waals surface area (Å²) in [6.07, 6.45) is 3.26. The molecule has 1 amide bonds. The van der Waals surface area contributed by atoms with Crippen LogP contribution in [0, 0.1) is 0 Å². The normalized spacial score (nSPS) is 11.0. The minimum Gasteiger partial charge on any atom is -0.354 e. The van der Waals surface area contributed by atoms with Crippen LogP contribution < -0.4 is 10.6 Å². The molecule has 0 saturated carbocycles. The molecule has 0 unspecified atom stereocenters. The zero-order valence-corrected chi connectivity index (χ0v) is 15.3. The van der Waals surface area contributed by atoms with E-state index in [2.05, 4.69) is 36.4 Å². The van der Waals surface area contributed by atoms with Crippen molar-refractivity contribution >= 4 is 23.0 Å². The summed E-state index contributed by atoms with van der Waals surface area (Å²) in [7, 11) is 0. The van der Waals surface area contributed by atoms with E-state index in [1.807, 2.05) is 54.6 Å². The maximum Gasteiger partial charge on any atom is 0.257 e.